The van der Waals surface area contributed by atoms with Crippen molar-refractivity contribution in [3.05, 3.63) is 41.4 Å². The first-order valence-corrected chi connectivity index (χ1v) is 7.92. The minimum Gasteiger partial charge on any atom is -0.383 e. The Bertz CT molecular complexity index is 578. The molecule has 0 atom stereocenters. The van der Waals surface area contributed by atoms with Crippen molar-refractivity contribution in [1.82, 2.24) is 9.88 Å². The van der Waals surface area contributed by atoms with E-state index in [1.165, 1.54) is 11.3 Å². The van der Waals surface area contributed by atoms with Crippen molar-refractivity contribution in [3.63, 3.8) is 0 Å². The molecule has 0 N–H and O–H groups in total. The van der Waals surface area contributed by atoms with Crippen LogP contribution in [0.5, 0.6) is 0 Å². The molecule has 2 rings (SSSR count). The molecule has 0 spiro atoms. The van der Waals surface area contributed by atoms with Crippen LogP contribution in [0.25, 0.3) is 10.6 Å². The van der Waals surface area contributed by atoms with Crippen molar-refractivity contribution in [3.8, 4) is 10.6 Å². The number of ether oxygens (including phenoxy) is 2. The SMILES string of the molecule is COCCN(CCOC)C(=O)c1csc(-c2ccccc2)n1. The van der Waals surface area contributed by atoms with Crippen molar-refractivity contribution < 1.29 is 14.3 Å². The molecular formula is C16H20N2O3S. The second-order valence-corrected chi connectivity index (χ2v) is 5.54. The maximum atomic E-state index is 12.6. The van der Waals surface area contributed by atoms with Crippen molar-refractivity contribution >= 4 is 17.2 Å². The molecule has 0 fully saturated rings. The molecule has 1 amide bonds. The Kier molecular flexibility index (Phi) is 6.51. The molecule has 0 saturated carbocycles. The summed E-state index contributed by atoms with van der Waals surface area (Å²) in [5.41, 5.74) is 1.49. The topological polar surface area (TPSA) is 51.7 Å². The summed E-state index contributed by atoms with van der Waals surface area (Å²) in [6, 6.07) is 9.85. The molecular weight excluding hydrogens is 300 g/mol. The maximum Gasteiger partial charge on any atom is 0.273 e. The lowest BCUT2D eigenvalue weighted by atomic mass is 10.2. The summed E-state index contributed by atoms with van der Waals surface area (Å²) in [7, 11) is 3.24. The molecule has 0 unspecified atom stereocenters. The summed E-state index contributed by atoms with van der Waals surface area (Å²) in [5.74, 6) is -0.0902. The van der Waals surface area contributed by atoms with Crippen LogP contribution in [0.2, 0.25) is 0 Å². The second kappa shape index (κ2) is 8.63. The number of rotatable bonds is 8. The standard InChI is InChI=1S/C16H20N2O3S/c1-20-10-8-18(9-11-21-2)16(19)14-12-22-15(17-14)13-6-4-3-5-7-13/h3-7,12H,8-11H2,1-2H3. The number of thiazole rings is 1. The van der Waals surface area contributed by atoms with Crippen LogP contribution < -0.4 is 0 Å². The zero-order chi connectivity index (χ0) is 15.8. The van der Waals surface area contributed by atoms with E-state index in [2.05, 4.69) is 4.98 Å². The Hall–Kier alpha value is -1.76. The minimum atomic E-state index is -0.0902. The van der Waals surface area contributed by atoms with Crippen molar-refractivity contribution in [2.24, 2.45) is 0 Å². The summed E-state index contributed by atoms with van der Waals surface area (Å²) >= 11 is 1.47. The Morgan fingerprint density at radius 2 is 1.77 bits per heavy atom. The van der Waals surface area contributed by atoms with Gasteiger partial charge in [0.1, 0.15) is 10.7 Å². The number of nitrogens with zero attached hydrogens (tertiary/aromatic N) is 2. The van der Waals surface area contributed by atoms with Crippen LogP contribution in [0.4, 0.5) is 0 Å². The van der Waals surface area contributed by atoms with Gasteiger partial charge in [0, 0.05) is 38.3 Å². The first kappa shape index (κ1) is 16.6. The van der Waals surface area contributed by atoms with Crippen LogP contribution >= 0.6 is 11.3 Å². The molecule has 5 nitrogen and oxygen atoms in total. The lowest BCUT2D eigenvalue weighted by molar-refractivity contribution is 0.0622. The van der Waals surface area contributed by atoms with E-state index in [0.717, 1.165) is 10.6 Å². The third kappa shape index (κ3) is 4.37. The minimum absolute atomic E-state index is 0.0902. The van der Waals surface area contributed by atoms with Gasteiger partial charge in [0.15, 0.2) is 0 Å². The highest BCUT2D eigenvalue weighted by Gasteiger charge is 2.18. The van der Waals surface area contributed by atoms with Gasteiger partial charge in [-0.2, -0.15) is 0 Å². The van der Waals surface area contributed by atoms with E-state index < -0.39 is 0 Å². The van der Waals surface area contributed by atoms with Crippen molar-refractivity contribution in [1.29, 1.82) is 0 Å². The predicted octanol–water partition coefficient (Wildman–Crippen LogP) is 2.55. The molecule has 6 heteroatoms. The molecule has 0 aliphatic heterocycles. The normalized spacial score (nSPS) is 10.6. The van der Waals surface area contributed by atoms with Gasteiger partial charge in [-0.15, -0.1) is 11.3 Å². The van der Waals surface area contributed by atoms with Gasteiger partial charge in [0.2, 0.25) is 0 Å². The molecule has 0 bridgehead atoms. The monoisotopic (exact) mass is 320 g/mol. The van der Waals surface area contributed by atoms with E-state index in [1.807, 2.05) is 30.3 Å². The molecule has 0 saturated heterocycles. The third-order valence-corrected chi connectivity index (χ3v) is 4.05. The largest absolute Gasteiger partial charge is 0.383 e. The van der Waals surface area contributed by atoms with Gasteiger partial charge in [-0.05, 0) is 0 Å². The van der Waals surface area contributed by atoms with E-state index in [4.69, 9.17) is 9.47 Å². The third-order valence-electron chi connectivity index (χ3n) is 3.16. The molecule has 0 aliphatic rings. The first-order valence-electron chi connectivity index (χ1n) is 7.04. The molecule has 0 radical (unpaired) electrons. The smallest absolute Gasteiger partial charge is 0.273 e. The molecule has 2 aromatic rings. The Morgan fingerprint density at radius 3 is 2.36 bits per heavy atom. The summed E-state index contributed by atoms with van der Waals surface area (Å²) < 4.78 is 10.1. The van der Waals surface area contributed by atoms with Crippen LogP contribution in [0.15, 0.2) is 35.7 Å². The fraction of sp³-hybridized carbons (Fsp3) is 0.375. The van der Waals surface area contributed by atoms with Gasteiger partial charge in [-0.1, -0.05) is 30.3 Å². The summed E-state index contributed by atoms with van der Waals surface area (Å²) in [6.07, 6.45) is 0. The van der Waals surface area contributed by atoms with E-state index >= 15 is 0 Å². The Morgan fingerprint density at radius 1 is 1.14 bits per heavy atom. The Labute approximate surface area is 134 Å². The summed E-state index contributed by atoms with van der Waals surface area (Å²) in [5, 5.41) is 2.65. The fourth-order valence-corrected chi connectivity index (χ4v) is 2.77. The summed E-state index contributed by atoms with van der Waals surface area (Å²) in [4.78, 5) is 18.7. The highest BCUT2D eigenvalue weighted by Crippen LogP contribution is 2.23. The van der Waals surface area contributed by atoms with Crippen LogP contribution in [0.3, 0.4) is 0 Å². The summed E-state index contributed by atoms with van der Waals surface area (Å²) in [6.45, 7) is 2.03. The zero-order valence-electron chi connectivity index (χ0n) is 12.8. The van der Waals surface area contributed by atoms with Crippen LogP contribution in [-0.2, 0) is 9.47 Å². The van der Waals surface area contributed by atoms with Gasteiger partial charge in [0.05, 0.1) is 13.2 Å². The quantitative estimate of drug-likeness (QED) is 0.750. The molecule has 22 heavy (non-hydrogen) atoms. The molecule has 1 aromatic heterocycles. The van der Waals surface area contributed by atoms with Crippen molar-refractivity contribution in [2.75, 3.05) is 40.5 Å². The van der Waals surface area contributed by atoms with E-state index in [9.17, 15) is 4.79 Å². The average molecular weight is 320 g/mol. The van der Waals surface area contributed by atoms with Gasteiger partial charge in [-0.25, -0.2) is 4.98 Å². The van der Waals surface area contributed by atoms with E-state index in [1.54, 1.807) is 24.5 Å². The Balaban J connectivity index is 2.11. The lowest BCUT2D eigenvalue weighted by Crippen LogP contribution is -2.36. The number of amides is 1. The lowest BCUT2D eigenvalue weighted by Gasteiger charge is -2.20. The van der Waals surface area contributed by atoms with Crippen LogP contribution in [0.1, 0.15) is 10.5 Å². The predicted molar refractivity (Wildman–Crippen MR) is 87.2 cm³/mol. The number of benzene rings is 1. The molecule has 1 heterocycles. The second-order valence-electron chi connectivity index (χ2n) is 4.68. The highest BCUT2D eigenvalue weighted by atomic mass is 32.1. The van der Waals surface area contributed by atoms with Gasteiger partial charge in [-0.3, -0.25) is 4.79 Å². The van der Waals surface area contributed by atoms with Gasteiger partial charge in [0.25, 0.3) is 5.91 Å². The molecule has 1 aromatic carbocycles. The van der Waals surface area contributed by atoms with Gasteiger partial charge >= 0.3 is 0 Å². The fourth-order valence-electron chi connectivity index (χ4n) is 1.97. The number of hydrogen-bond acceptors (Lipinski definition) is 5. The van der Waals surface area contributed by atoms with Crippen molar-refractivity contribution in [2.45, 2.75) is 0 Å². The number of aromatic nitrogens is 1. The first-order chi connectivity index (χ1) is 10.8. The molecule has 118 valence electrons. The number of methoxy groups -OCH3 is 2. The number of carbonyl (C=O) groups is 1. The van der Waals surface area contributed by atoms with E-state index in [0.29, 0.717) is 32.0 Å². The van der Waals surface area contributed by atoms with Gasteiger partial charge < -0.3 is 14.4 Å². The van der Waals surface area contributed by atoms with E-state index in [-0.39, 0.29) is 5.91 Å². The number of carbonyl (C=O) groups excluding carboxylic acids is 1. The zero-order valence-corrected chi connectivity index (χ0v) is 13.6. The van der Waals surface area contributed by atoms with Crippen LogP contribution in [-0.4, -0.2) is 56.3 Å². The highest BCUT2D eigenvalue weighted by molar-refractivity contribution is 7.13. The number of hydrogen-bond donors (Lipinski definition) is 0. The molecule has 0 aliphatic carbocycles. The van der Waals surface area contributed by atoms with Crippen LogP contribution in [0, 0.1) is 0 Å². The maximum absolute atomic E-state index is 12.6. The average Bonchev–Trinajstić information content (AvgIpc) is 3.05.